The number of nitrogens with zero attached hydrogens (tertiary/aromatic N) is 2. The Balaban J connectivity index is 1.88. The molecule has 1 aromatic heterocycles. The molecule has 138 valence electrons. The van der Waals surface area contributed by atoms with Gasteiger partial charge in [0.1, 0.15) is 11.8 Å². The standard InChI is InChI=1S/C22H22N2O3/c1-27-20-11-5-3-8-16(20)21(24-14-6-10-19(24)22(25)26)18-13-12-15-7-2-4-9-17(15)23-18/h2-5,7-9,11-13,19,21H,6,10,14H2,1H3,(H,25,26). The number of fused-ring (bicyclic) bond motifs is 1. The number of hydrogen-bond acceptors (Lipinski definition) is 4. The third-order valence-electron chi connectivity index (χ3n) is 5.24. The van der Waals surface area contributed by atoms with Gasteiger partial charge in [0.05, 0.1) is 24.4 Å². The number of ether oxygens (including phenoxy) is 1. The molecule has 3 aromatic rings. The van der Waals surface area contributed by atoms with E-state index in [4.69, 9.17) is 9.72 Å². The molecule has 0 spiro atoms. The van der Waals surface area contributed by atoms with E-state index in [2.05, 4.69) is 0 Å². The minimum Gasteiger partial charge on any atom is -0.496 e. The third-order valence-corrected chi connectivity index (χ3v) is 5.24. The lowest BCUT2D eigenvalue weighted by Gasteiger charge is -2.32. The van der Waals surface area contributed by atoms with Crippen LogP contribution in [0.1, 0.15) is 30.1 Å². The second-order valence-corrected chi connectivity index (χ2v) is 6.81. The number of aliphatic carboxylic acids is 1. The van der Waals surface area contributed by atoms with Crippen molar-refractivity contribution in [3.63, 3.8) is 0 Å². The summed E-state index contributed by atoms with van der Waals surface area (Å²) in [5, 5.41) is 10.8. The van der Waals surface area contributed by atoms with Crippen LogP contribution in [0.15, 0.2) is 60.7 Å². The monoisotopic (exact) mass is 362 g/mol. The molecule has 4 rings (SSSR count). The first-order valence-electron chi connectivity index (χ1n) is 9.16. The molecule has 5 heteroatoms. The lowest BCUT2D eigenvalue weighted by Crippen LogP contribution is -2.39. The second-order valence-electron chi connectivity index (χ2n) is 6.81. The van der Waals surface area contributed by atoms with Crippen molar-refractivity contribution in [3.8, 4) is 5.75 Å². The molecular formula is C22H22N2O3. The highest BCUT2D eigenvalue weighted by molar-refractivity contribution is 5.78. The highest BCUT2D eigenvalue weighted by Crippen LogP contribution is 2.38. The maximum Gasteiger partial charge on any atom is 0.320 e. The van der Waals surface area contributed by atoms with Crippen molar-refractivity contribution in [2.24, 2.45) is 0 Å². The molecule has 2 heterocycles. The van der Waals surface area contributed by atoms with Crippen LogP contribution >= 0.6 is 0 Å². The van der Waals surface area contributed by atoms with Gasteiger partial charge in [0.25, 0.3) is 0 Å². The van der Waals surface area contributed by atoms with E-state index in [-0.39, 0.29) is 6.04 Å². The first kappa shape index (κ1) is 17.5. The molecule has 2 atom stereocenters. The van der Waals surface area contributed by atoms with Gasteiger partial charge in [-0.25, -0.2) is 0 Å². The predicted octanol–water partition coefficient (Wildman–Crippen LogP) is 3.88. The maximum absolute atomic E-state index is 11.9. The Morgan fingerprint density at radius 2 is 1.93 bits per heavy atom. The predicted molar refractivity (Wildman–Crippen MR) is 104 cm³/mol. The van der Waals surface area contributed by atoms with Crippen LogP contribution in [0.3, 0.4) is 0 Å². The summed E-state index contributed by atoms with van der Waals surface area (Å²) in [6.45, 7) is 0.716. The Morgan fingerprint density at radius 1 is 1.15 bits per heavy atom. The zero-order chi connectivity index (χ0) is 18.8. The smallest absolute Gasteiger partial charge is 0.320 e. The molecule has 2 unspecified atom stereocenters. The summed E-state index contributed by atoms with van der Waals surface area (Å²) in [6.07, 6.45) is 1.50. The number of hydrogen-bond donors (Lipinski definition) is 1. The minimum atomic E-state index is -0.784. The zero-order valence-electron chi connectivity index (χ0n) is 15.2. The van der Waals surface area contributed by atoms with Crippen molar-refractivity contribution in [1.29, 1.82) is 0 Å². The molecule has 0 bridgehead atoms. The highest BCUT2D eigenvalue weighted by atomic mass is 16.5. The van der Waals surface area contributed by atoms with Crippen LogP contribution in [0.2, 0.25) is 0 Å². The molecule has 5 nitrogen and oxygen atoms in total. The summed E-state index contributed by atoms with van der Waals surface area (Å²) in [5.74, 6) is -0.0401. The zero-order valence-corrected chi connectivity index (χ0v) is 15.2. The van der Waals surface area contributed by atoms with E-state index in [1.54, 1.807) is 7.11 Å². The molecule has 2 aromatic carbocycles. The van der Waals surface area contributed by atoms with E-state index < -0.39 is 12.0 Å². The van der Waals surface area contributed by atoms with E-state index >= 15 is 0 Å². The Hall–Kier alpha value is -2.92. The van der Waals surface area contributed by atoms with Crippen molar-refractivity contribution >= 4 is 16.9 Å². The molecule has 0 amide bonds. The topological polar surface area (TPSA) is 62.7 Å². The summed E-state index contributed by atoms with van der Waals surface area (Å²) < 4.78 is 5.59. The van der Waals surface area contributed by atoms with Crippen molar-refractivity contribution in [1.82, 2.24) is 9.88 Å². The number of methoxy groups -OCH3 is 1. The number of pyridine rings is 1. The van der Waals surface area contributed by atoms with Gasteiger partial charge in [-0.1, -0.05) is 42.5 Å². The van der Waals surface area contributed by atoms with Gasteiger partial charge >= 0.3 is 5.97 Å². The van der Waals surface area contributed by atoms with E-state index in [1.165, 1.54) is 0 Å². The van der Waals surface area contributed by atoms with Gasteiger partial charge in [0.2, 0.25) is 0 Å². The Labute approximate surface area is 158 Å². The highest BCUT2D eigenvalue weighted by Gasteiger charge is 2.38. The number of rotatable bonds is 5. The van der Waals surface area contributed by atoms with Gasteiger partial charge in [0.15, 0.2) is 0 Å². The average molecular weight is 362 g/mol. The molecule has 1 saturated heterocycles. The fourth-order valence-electron chi connectivity index (χ4n) is 4.00. The van der Waals surface area contributed by atoms with Crippen LogP contribution in [-0.2, 0) is 4.79 Å². The summed E-state index contributed by atoms with van der Waals surface area (Å²) in [4.78, 5) is 18.8. The van der Waals surface area contributed by atoms with E-state index in [1.807, 2.05) is 65.6 Å². The summed E-state index contributed by atoms with van der Waals surface area (Å²) in [7, 11) is 1.64. The molecule has 1 aliphatic heterocycles. The lowest BCUT2D eigenvalue weighted by molar-refractivity contribution is -0.142. The number of para-hydroxylation sites is 2. The van der Waals surface area contributed by atoms with Crippen LogP contribution in [0.5, 0.6) is 5.75 Å². The van der Waals surface area contributed by atoms with Gasteiger partial charge in [-0.2, -0.15) is 0 Å². The number of aromatic nitrogens is 1. The maximum atomic E-state index is 11.9. The van der Waals surface area contributed by atoms with Crippen LogP contribution in [0.4, 0.5) is 0 Å². The number of benzene rings is 2. The average Bonchev–Trinajstić information content (AvgIpc) is 3.18. The van der Waals surface area contributed by atoms with Crippen LogP contribution in [0.25, 0.3) is 10.9 Å². The number of carbonyl (C=O) groups is 1. The fraction of sp³-hybridized carbons (Fsp3) is 0.273. The van der Waals surface area contributed by atoms with Gasteiger partial charge in [-0.05, 0) is 31.0 Å². The molecule has 1 N–H and O–H groups in total. The Bertz CT molecular complexity index is 972. The van der Waals surface area contributed by atoms with Crippen LogP contribution < -0.4 is 4.74 Å². The fourth-order valence-corrected chi connectivity index (χ4v) is 4.00. The van der Waals surface area contributed by atoms with Gasteiger partial charge in [-0.15, -0.1) is 0 Å². The van der Waals surface area contributed by atoms with E-state index in [9.17, 15) is 9.90 Å². The SMILES string of the molecule is COc1ccccc1C(c1ccc2ccccc2n1)N1CCCC1C(=O)O. The van der Waals surface area contributed by atoms with Gasteiger partial charge < -0.3 is 9.84 Å². The molecule has 0 radical (unpaired) electrons. The normalized spacial score (nSPS) is 18.5. The Morgan fingerprint density at radius 3 is 2.74 bits per heavy atom. The van der Waals surface area contributed by atoms with Crippen molar-refractivity contribution < 1.29 is 14.6 Å². The molecule has 1 fully saturated rings. The number of likely N-dealkylation sites (tertiary alicyclic amines) is 1. The van der Waals surface area contributed by atoms with Crippen molar-refractivity contribution in [2.75, 3.05) is 13.7 Å². The Kier molecular flexibility index (Phi) is 4.77. The van der Waals surface area contributed by atoms with Crippen molar-refractivity contribution in [3.05, 3.63) is 71.9 Å². The minimum absolute atomic E-state index is 0.269. The first-order valence-corrected chi connectivity index (χ1v) is 9.16. The molecule has 0 aliphatic carbocycles. The summed E-state index contributed by atoms with van der Waals surface area (Å²) in [5.41, 5.74) is 2.68. The number of carboxylic acid groups (broad SMARTS) is 1. The summed E-state index contributed by atoms with van der Waals surface area (Å²) >= 11 is 0. The lowest BCUT2D eigenvalue weighted by atomic mass is 9.98. The van der Waals surface area contributed by atoms with Crippen molar-refractivity contribution in [2.45, 2.75) is 24.9 Å². The molecule has 1 aliphatic rings. The van der Waals surface area contributed by atoms with E-state index in [0.29, 0.717) is 13.0 Å². The summed E-state index contributed by atoms with van der Waals surface area (Å²) in [6, 6.07) is 19.0. The second kappa shape index (κ2) is 7.37. The molecular weight excluding hydrogens is 340 g/mol. The first-order chi connectivity index (χ1) is 13.2. The quantitative estimate of drug-likeness (QED) is 0.746. The van der Waals surface area contributed by atoms with Crippen LogP contribution in [0, 0.1) is 0 Å². The van der Waals surface area contributed by atoms with Gasteiger partial charge in [-0.3, -0.25) is 14.7 Å². The molecule has 0 saturated carbocycles. The van der Waals surface area contributed by atoms with Gasteiger partial charge in [0, 0.05) is 17.5 Å². The molecule has 27 heavy (non-hydrogen) atoms. The van der Waals surface area contributed by atoms with Crippen LogP contribution in [-0.4, -0.2) is 40.7 Å². The van der Waals surface area contributed by atoms with E-state index in [0.717, 1.165) is 34.3 Å². The number of carboxylic acids is 1. The third kappa shape index (κ3) is 3.26. The largest absolute Gasteiger partial charge is 0.496 e.